The number of ketones is 1. The Hall–Kier alpha value is -2.51. The molecule has 2 aliphatic heterocycles. The maximum atomic E-state index is 13.0. The molecule has 1 saturated heterocycles. The Morgan fingerprint density at radius 2 is 1.64 bits per heavy atom. The number of carbonyl (C=O) groups is 2. The predicted octanol–water partition coefficient (Wildman–Crippen LogP) is 2.97. The lowest BCUT2D eigenvalue weighted by molar-refractivity contribution is 0.0369. The average molecular weight is 398 g/mol. The summed E-state index contributed by atoms with van der Waals surface area (Å²) in [5, 5.41) is 1.93. The van der Waals surface area contributed by atoms with E-state index in [-0.39, 0.29) is 50.3 Å². The van der Waals surface area contributed by atoms with E-state index in [4.69, 9.17) is 0 Å². The van der Waals surface area contributed by atoms with Gasteiger partial charge in [0.15, 0.2) is 5.78 Å². The third kappa shape index (κ3) is 2.95. The van der Waals surface area contributed by atoms with Gasteiger partial charge in [-0.05, 0) is 57.0 Å². The molecule has 2 aliphatic rings. The number of hydrazine groups is 1. The number of rotatable bonds is 2. The highest BCUT2D eigenvalue weighted by Gasteiger charge is 2.35. The molecule has 2 unspecified atom stereocenters. The van der Waals surface area contributed by atoms with E-state index in [1.165, 1.54) is 30.3 Å². The Balaban J connectivity index is 1.70. The van der Waals surface area contributed by atoms with Gasteiger partial charge in [-0.1, -0.05) is 18.6 Å². The van der Waals surface area contributed by atoms with Gasteiger partial charge in [-0.15, -0.1) is 0 Å². The zero-order valence-electron chi connectivity index (χ0n) is 15.8. The number of nitrogens with zero attached hydrogens (tertiary/aromatic N) is 1. The fourth-order valence-corrected chi connectivity index (χ4v) is 5.73. The molecule has 0 saturated carbocycles. The van der Waals surface area contributed by atoms with Gasteiger partial charge >= 0.3 is 0 Å². The van der Waals surface area contributed by atoms with Gasteiger partial charge in [0.2, 0.25) is 9.84 Å². The molecule has 0 bridgehead atoms. The van der Waals surface area contributed by atoms with Crippen LogP contribution in [-0.4, -0.2) is 37.2 Å². The van der Waals surface area contributed by atoms with Crippen LogP contribution in [0, 0.1) is 0 Å². The molecule has 2 atom stereocenters. The molecule has 0 radical (unpaired) electrons. The van der Waals surface area contributed by atoms with Crippen molar-refractivity contribution in [1.82, 2.24) is 10.4 Å². The van der Waals surface area contributed by atoms with E-state index < -0.39 is 9.84 Å². The number of carbonyl (C=O) groups excluding carboxylic acids is 2. The molecule has 4 rings (SSSR count). The first-order chi connectivity index (χ1) is 13.3. The van der Waals surface area contributed by atoms with Gasteiger partial charge in [0.25, 0.3) is 5.91 Å². The summed E-state index contributed by atoms with van der Waals surface area (Å²) in [6.07, 6.45) is 3.11. The first-order valence-corrected chi connectivity index (χ1v) is 10.9. The largest absolute Gasteiger partial charge is 0.289 e. The Labute approximate surface area is 164 Å². The van der Waals surface area contributed by atoms with Crippen LogP contribution in [0.4, 0.5) is 0 Å². The molecule has 1 N–H and O–H groups in total. The SMILES string of the molecule is CC1CCCC(C)N1NC(=O)c1ccc2c(c1)S(=O)(=O)c1ccccc1C2=O. The molecule has 1 amide bonds. The standard InChI is InChI=1S/C21H22N2O4S/c1-13-6-5-7-14(2)23(13)22-21(25)15-10-11-17-19(12-15)28(26,27)18-9-4-3-8-16(18)20(17)24/h3-4,8-14H,5-7H2,1-2H3,(H,22,25). The van der Waals surface area contributed by atoms with Crippen molar-refractivity contribution in [2.45, 2.75) is 55.0 Å². The van der Waals surface area contributed by atoms with Crippen LogP contribution in [0.1, 0.15) is 59.4 Å². The number of piperidine rings is 1. The number of amides is 1. The van der Waals surface area contributed by atoms with E-state index in [1.807, 2.05) is 5.01 Å². The minimum atomic E-state index is -3.86. The quantitative estimate of drug-likeness (QED) is 0.718. The molecule has 0 aromatic heterocycles. The van der Waals surface area contributed by atoms with Crippen molar-refractivity contribution in [1.29, 1.82) is 0 Å². The Bertz CT molecular complexity index is 1070. The van der Waals surface area contributed by atoms with Crippen molar-refractivity contribution in [3.8, 4) is 0 Å². The van der Waals surface area contributed by atoms with Crippen molar-refractivity contribution in [2.24, 2.45) is 0 Å². The van der Waals surface area contributed by atoms with E-state index in [2.05, 4.69) is 19.3 Å². The summed E-state index contributed by atoms with van der Waals surface area (Å²) in [6.45, 7) is 4.12. The third-order valence-corrected chi connectivity index (χ3v) is 7.48. The summed E-state index contributed by atoms with van der Waals surface area (Å²) in [5.74, 6) is -0.712. The molecule has 28 heavy (non-hydrogen) atoms. The average Bonchev–Trinajstić information content (AvgIpc) is 2.69. The van der Waals surface area contributed by atoms with Gasteiger partial charge in [0.1, 0.15) is 0 Å². The van der Waals surface area contributed by atoms with E-state index in [9.17, 15) is 18.0 Å². The summed E-state index contributed by atoms with van der Waals surface area (Å²) in [4.78, 5) is 25.4. The van der Waals surface area contributed by atoms with Gasteiger partial charge in [0.05, 0.1) is 9.79 Å². The topological polar surface area (TPSA) is 83.6 Å². The monoisotopic (exact) mass is 398 g/mol. The van der Waals surface area contributed by atoms with Gasteiger partial charge in [-0.3, -0.25) is 15.0 Å². The summed E-state index contributed by atoms with van der Waals surface area (Å²) >= 11 is 0. The fraction of sp³-hybridized carbons (Fsp3) is 0.333. The summed E-state index contributed by atoms with van der Waals surface area (Å²) in [5.41, 5.74) is 3.41. The van der Waals surface area contributed by atoms with Gasteiger partial charge < -0.3 is 0 Å². The van der Waals surface area contributed by atoms with Crippen LogP contribution in [0.2, 0.25) is 0 Å². The highest BCUT2D eigenvalue weighted by molar-refractivity contribution is 7.91. The van der Waals surface area contributed by atoms with E-state index in [0.29, 0.717) is 0 Å². The summed E-state index contributed by atoms with van der Waals surface area (Å²) < 4.78 is 26.0. The number of hydrogen-bond acceptors (Lipinski definition) is 5. The highest BCUT2D eigenvalue weighted by Crippen LogP contribution is 2.34. The van der Waals surface area contributed by atoms with Crippen LogP contribution >= 0.6 is 0 Å². The van der Waals surface area contributed by atoms with E-state index in [0.717, 1.165) is 19.3 Å². The maximum Gasteiger partial charge on any atom is 0.265 e. The second kappa shape index (κ2) is 6.83. The Kier molecular flexibility index (Phi) is 4.59. The van der Waals surface area contributed by atoms with Crippen molar-refractivity contribution in [2.75, 3.05) is 0 Å². The number of nitrogens with one attached hydrogen (secondary N) is 1. The second-order valence-corrected chi connectivity index (χ2v) is 9.40. The number of hydrogen-bond donors (Lipinski definition) is 1. The fourth-order valence-electron chi connectivity index (χ4n) is 4.05. The third-order valence-electron chi connectivity index (χ3n) is 5.62. The zero-order valence-corrected chi connectivity index (χ0v) is 16.6. The minimum Gasteiger partial charge on any atom is -0.289 e. The van der Waals surface area contributed by atoms with Crippen LogP contribution in [0.25, 0.3) is 0 Å². The van der Waals surface area contributed by atoms with Crippen LogP contribution in [0.5, 0.6) is 0 Å². The Morgan fingerprint density at radius 3 is 2.36 bits per heavy atom. The molecule has 2 aromatic carbocycles. The lowest BCUT2D eigenvalue weighted by Crippen LogP contribution is -2.54. The minimum absolute atomic E-state index is 0.0108. The molecule has 0 spiro atoms. The molecule has 2 heterocycles. The summed E-state index contributed by atoms with van der Waals surface area (Å²) in [7, 11) is -3.86. The van der Waals surface area contributed by atoms with Crippen LogP contribution < -0.4 is 5.43 Å². The molecular weight excluding hydrogens is 376 g/mol. The maximum absolute atomic E-state index is 13.0. The van der Waals surface area contributed by atoms with Crippen molar-refractivity contribution in [3.05, 3.63) is 59.2 Å². The number of benzene rings is 2. The first kappa shape index (κ1) is 18.8. The van der Waals surface area contributed by atoms with Crippen molar-refractivity contribution < 1.29 is 18.0 Å². The smallest absolute Gasteiger partial charge is 0.265 e. The molecule has 2 aromatic rings. The van der Waals surface area contributed by atoms with Crippen molar-refractivity contribution >= 4 is 21.5 Å². The van der Waals surface area contributed by atoms with E-state index >= 15 is 0 Å². The van der Waals surface area contributed by atoms with Crippen molar-refractivity contribution in [3.63, 3.8) is 0 Å². The first-order valence-electron chi connectivity index (χ1n) is 9.43. The number of sulfone groups is 1. The van der Waals surface area contributed by atoms with Crippen LogP contribution in [-0.2, 0) is 9.84 Å². The highest BCUT2D eigenvalue weighted by atomic mass is 32.2. The van der Waals surface area contributed by atoms with Crippen LogP contribution in [0.15, 0.2) is 52.3 Å². The molecule has 0 aliphatic carbocycles. The predicted molar refractivity (Wildman–Crippen MR) is 104 cm³/mol. The molecule has 146 valence electrons. The second-order valence-electron chi connectivity index (χ2n) is 7.52. The molecule has 7 heteroatoms. The normalized spacial score (nSPS) is 23.6. The van der Waals surface area contributed by atoms with Crippen LogP contribution in [0.3, 0.4) is 0 Å². The molecule has 1 fully saturated rings. The Morgan fingerprint density at radius 1 is 1.00 bits per heavy atom. The van der Waals surface area contributed by atoms with Gasteiger partial charge in [-0.2, -0.15) is 0 Å². The summed E-state index contributed by atoms with van der Waals surface area (Å²) in [6, 6.07) is 10.8. The number of fused-ring (bicyclic) bond motifs is 2. The zero-order chi connectivity index (χ0) is 20.1. The lowest BCUT2D eigenvalue weighted by Gasteiger charge is -2.38. The molecule has 6 nitrogen and oxygen atoms in total. The van der Waals surface area contributed by atoms with E-state index in [1.54, 1.807) is 12.1 Å². The van der Waals surface area contributed by atoms with Gasteiger partial charge in [-0.25, -0.2) is 13.4 Å². The lowest BCUT2D eigenvalue weighted by atomic mass is 9.99. The molecular formula is C21H22N2O4S. The van der Waals surface area contributed by atoms with Gasteiger partial charge in [0, 0.05) is 28.8 Å².